The van der Waals surface area contributed by atoms with E-state index in [0.717, 1.165) is 5.57 Å². The summed E-state index contributed by atoms with van der Waals surface area (Å²) in [5, 5.41) is 0. The first-order valence-electron chi connectivity index (χ1n) is 7.17. The highest BCUT2D eigenvalue weighted by Gasteiger charge is 2.54. The number of hydrogen-bond donors (Lipinski definition) is 0. The zero-order valence-electron chi connectivity index (χ0n) is 12.5. The fraction of sp³-hybridized carbons (Fsp3) is 0.867. The molecule has 1 saturated heterocycles. The summed E-state index contributed by atoms with van der Waals surface area (Å²) in [6.07, 6.45) is -2.68. The summed E-state index contributed by atoms with van der Waals surface area (Å²) in [6, 6.07) is 0. The lowest BCUT2D eigenvalue weighted by atomic mass is 9.70. The van der Waals surface area contributed by atoms with Crippen molar-refractivity contribution in [2.45, 2.75) is 52.0 Å². The molecule has 0 saturated carbocycles. The molecule has 5 heteroatoms. The van der Waals surface area contributed by atoms with Crippen LogP contribution in [0, 0.1) is 17.8 Å². The monoisotopic (exact) mass is 292 g/mol. The molecule has 1 aliphatic carbocycles. The van der Waals surface area contributed by atoms with Gasteiger partial charge in [0.25, 0.3) is 0 Å². The van der Waals surface area contributed by atoms with Crippen molar-refractivity contribution in [3.63, 3.8) is 0 Å². The second-order valence-corrected chi connectivity index (χ2v) is 6.54. The van der Waals surface area contributed by atoms with Crippen molar-refractivity contribution in [2.24, 2.45) is 17.8 Å². The maximum Gasteiger partial charge on any atom is 0.397 e. The van der Waals surface area contributed by atoms with Crippen LogP contribution in [0.25, 0.3) is 0 Å². The highest BCUT2D eigenvalue weighted by molar-refractivity contribution is 5.20. The van der Waals surface area contributed by atoms with Crippen LogP contribution in [0.1, 0.15) is 34.1 Å². The summed E-state index contributed by atoms with van der Waals surface area (Å²) in [5.41, 5.74) is -0.303. The maximum absolute atomic E-state index is 13.4. The molecular formula is C15H23F3O2. The van der Waals surface area contributed by atoms with Gasteiger partial charge >= 0.3 is 6.18 Å². The van der Waals surface area contributed by atoms with Gasteiger partial charge in [-0.2, -0.15) is 13.2 Å². The average Bonchev–Trinajstić information content (AvgIpc) is 2.21. The van der Waals surface area contributed by atoms with Crippen molar-refractivity contribution >= 4 is 0 Å². The zero-order chi connectivity index (χ0) is 15.1. The van der Waals surface area contributed by atoms with Crippen molar-refractivity contribution in [1.29, 1.82) is 0 Å². The third kappa shape index (κ3) is 3.03. The number of hydrogen-bond acceptors (Lipinski definition) is 2. The molecule has 3 unspecified atom stereocenters. The van der Waals surface area contributed by atoms with Crippen LogP contribution in [-0.4, -0.2) is 31.1 Å². The molecule has 0 aromatic heterocycles. The minimum absolute atomic E-state index is 0.111. The van der Waals surface area contributed by atoms with E-state index in [2.05, 4.69) is 0 Å². The molecule has 1 heterocycles. The SMILES string of the molecule is CC(C)C1=CC(C(F)(F)F)C(C)(OC2COC2)CC1C. The van der Waals surface area contributed by atoms with Crippen molar-refractivity contribution in [3.05, 3.63) is 11.6 Å². The van der Waals surface area contributed by atoms with Gasteiger partial charge in [0.1, 0.15) is 12.0 Å². The van der Waals surface area contributed by atoms with Gasteiger partial charge in [-0.3, -0.25) is 0 Å². The van der Waals surface area contributed by atoms with Crippen LogP contribution in [0.3, 0.4) is 0 Å². The van der Waals surface area contributed by atoms with Gasteiger partial charge in [0.05, 0.1) is 18.8 Å². The molecule has 1 aliphatic heterocycles. The Labute approximate surface area is 118 Å². The molecule has 2 nitrogen and oxygen atoms in total. The van der Waals surface area contributed by atoms with E-state index in [0.29, 0.717) is 19.6 Å². The minimum atomic E-state index is -4.28. The zero-order valence-corrected chi connectivity index (χ0v) is 12.5. The van der Waals surface area contributed by atoms with Gasteiger partial charge in [0, 0.05) is 0 Å². The minimum Gasteiger partial charge on any atom is -0.376 e. The molecule has 2 aliphatic rings. The van der Waals surface area contributed by atoms with E-state index in [9.17, 15) is 13.2 Å². The highest BCUT2D eigenvalue weighted by atomic mass is 19.4. The van der Waals surface area contributed by atoms with Gasteiger partial charge in [-0.05, 0) is 25.2 Å². The third-order valence-corrected chi connectivity index (χ3v) is 4.36. The first kappa shape index (κ1) is 15.8. The molecule has 0 amide bonds. The number of allylic oxidation sites excluding steroid dienone is 1. The van der Waals surface area contributed by atoms with E-state index in [1.165, 1.54) is 6.08 Å². The smallest absolute Gasteiger partial charge is 0.376 e. The van der Waals surface area contributed by atoms with Crippen LogP contribution in [0.15, 0.2) is 11.6 Å². The largest absolute Gasteiger partial charge is 0.397 e. The number of rotatable bonds is 3. The predicted octanol–water partition coefficient (Wildman–Crippen LogP) is 3.96. The molecule has 0 aromatic rings. The predicted molar refractivity (Wildman–Crippen MR) is 70.3 cm³/mol. The van der Waals surface area contributed by atoms with Crippen molar-refractivity contribution in [1.82, 2.24) is 0 Å². The van der Waals surface area contributed by atoms with E-state index < -0.39 is 17.7 Å². The molecule has 0 N–H and O–H groups in total. The summed E-state index contributed by atoms with van der Waals surface area (Å²) in [5.74, 6) is -1.30. The van der Waals surface area contributed by atoms with Crippen LogP contribution < -0.4 is 0 Å². The Hall–Kier alpha value is -0.550. The second kappa shape index (κ2) is 5.34. The fourth-order valence-electron chi connectivity index (χ4n) is 3.37. The maximum atomic E-state index is 13.4. The highest BCUT2D eigenvalue weighted by Crippen LogP contribution is 2.48. The summed E-state index contributed by atoms with van der Waals surface area (Å²) >= 11 is 0. The number of halogens is 3. The van der Waals surface area contributed by atoms with Gasteiger partial charge in [-0.15, -0.1) is 0 Å². The van der Waals surface area contributed by atoms with Gasteiger partial charge in [0.15, 0.2) is 0 Å². The molecule has 0 spiro atoms. The molecule has 0 radical (unpaired) electrons. The van der Waals surface area contributed by atoms with E-state index in [-0.39, 0.29) is 17.9 Å². The van der Waals surface area contributed by atoms with Gasteiger partial charge in [0.2, 0.25) is 0 Å². The quantitative estimate of drug-likeness (QED) is 0.733. The number of alkyl halides is 3. The van der Waals surface area contributed by atoms with E-state index in [4.69, 9.17) is 9.47 Å². The van der Waals surface area contributed by atoms with Crippen LogP contribution in [0.4, 0.5) is 13.2 Å². The second-order valence-electron chi connectivity index (χ2n) is 6.54. The summed E-state index contributed by atoms with van der Waals surface area (Å²) in [6.45, 7) is 8.26. The number of ether oxygens (including phenoxy) is 2. The summed E-state index contributed by atoms with van der Waals surface area (Å²) < 4.78 is 51.0. The molecule has 2 rings (SSSR count). The van der Waals surface area contributed by atoms with Crippen LogP contribution in [0.5, 0.6) is 0 Å². The lowest BCUT2D eigenvalue weighted by molar-refractivity contribution is -0.261. The van der Waals surface area contributed by atoms with E-state index >= 15 is 0 Å². The Morgan fingerprint density at radius 3 is 2.35 bits per heavy atom. The Morgan fingerprint density at radius 1 is 1.35 bits per heavy atom. The van der Waals surface area contributed by atoms with Crippen LogP contribution in [-0.2, 0) is 9.47 Å². The summed E-state index contributed by atoms with van der Waals surface area (Å²) in [4.78, 5) is 0. The molecule has 20 heavy (non-hydrogen) atoms. The first-order chi connectivity index (χ1) is 9.13. The van der Waals surface area contributed by atoms with Crippen molar-refractivity contribution < 1.29 is 22.6 Å². The average molecular weight is 292 g/mol. The van der Waals surface area contributed by atoms with E-state index in [1.54, 1.807) is 6.92 Å². The van der Waals surface area contributed by atoms with Gasteiger partial charge in [-0.25, -0.2) is 0 Å². The third-order valence-electron chi connectivity index (χ3n) is 4.36. The standard InChI is InChI=1S/C15H23F3O2/c1-9(2)12-5-13(15(16,17)18)14(4,6-10(12)3)20-11-7-19-8-11/h5,9-11,13H,6-8H2,1-4H3. The lowest BCUT2D eigenvalue weighted by Crippen LogP contribution is -2.53. The Bertz CT molecular complexity index is 385. The summed E-state index contributed by atoms with van der Waals surface area (Å²) in [7, 11) is 0. The molecule has 0 bridgehead atoms. The first-order valence-corrected chi connectivity index (χ1v) is 7.17. The molecule has 1 fully saturated rings. The van der Waals surface area contributed by atoms with Crippen molar-refractivity contribution in [2.75, 3.05) is 13.2 Å². The molecular weight excluding hydrogens is 269 g/mol. The van der Waals surface area contributed by atoms with Crippen LogP contribution in [0.2, 0.25) is 0 Å². The van der Waals surface area contributed by atoms with E-state index in [1.807, 2.05) is 20.8 Å². The normalized spacial score (nSPS) is 35.9. The van der Waals surface area contributed by atoms with Gasteiger partial charge in [-0.1, -0.05) is 32.4 Å². The molecule has 3 atom stereocenters. The van der Waals surface area contributed by atoms with Crippen LogP contribution >= 0.6 is 0 Å². The fourth-order valence-corrected chi connectivity index (χ4v) is 3.37. The Morgan fingerprint density at radius 2 is 1.95 bits per heavy atom. The Balaban J connectivity index is 2.30. The molecule has 0 aromatic carbocycles. The van der Waals surface area contributed by atoms with Crippen molar-refractivity contribution in [3.8, 4) is 0 Å². The molecule has 116 valence electrons. The van der Waals surface area contributed by atoms with Gasteiger partial charge < -0.3 is 9.47 Å². The Kier molecular flexibility index (Phi) is 4.22. The lowest BCUT2D eigenvalue weighted by Gasteiger charge is -2.47. The topological polar surface area (TPSA) is 18.5 Å².